The molecule has 268 valence electrons. The van der Waals surface area contributed by atoms with Crippen LogP contribution in [0.25, 0.3) is 0 Å². The fourth-order valence-corrected chi connectivity index (χ4v) is 9.33. The van der Waals surface area contributed by atoms with Crippen LogP contribution in [-0.4, -0.2) is 59.1 Å². The number of fused-ring (bicyclic) bond motifs is 1. The Hall–Kier alpha value is -2.21. The van der Waals surface area contributed by atoms with Crippen LogP contribution in [-0.2, 0) is 27.9 Å². The lowest BCUT2D eigenvalue weighted by molar-refractivity contribution is -0.164. The summed E-state index contributed by atoms with van der Waals surface area (Å²) in [4.78, 5) is 26.4. The van der Waals surface area contributed by atoms with Crippen molar-refractivity contribution in [1.29, 1.82) is 0 Å². The number of benzene rings is 1. The lowest BCUT2D eigenvalue weighted by Gasteiger charge is -2.46. The monoisotopic (exact) mass is 698 g/mol. The molecule has 1 aromatic rings. The summed E-state index contributed by atoms with van der Waals surface area (Å²) in [6.07, 6.45) is 8.42. The summed E-state index contributed by atoms with van der Waals surface area (Å²) in [6.45, 7) is 26.4. The number of cyclic esters (lactones) is 1. The Bertz CT molecular complexity index is 1320. The van der Waals surface area contributed by atoms with Crippen LogP contribution in [0.1, 0.15) is 87.5 Å². The van der Waals surface area contributed by atoms with Gasteiger partial charge in [0.25, 0.3) is 0 Å². The topological polar surface area (TPSA) is 80.3 Å². The van der Waals surface area contributed by atoms with E-state index in [0.717, 1.165) is 19.3 Å². The summed E-state index contributed by atoms with van der Waals surface area (Å²) in [5.41, 5.74) is 1.17. The molecule has 1 saturated heterocycles. The van der Waals surface area contributed by atoms with Gasteiger partial charge in [0.2, 0.25) is 0 Å². The Morgan fingerprint density at radius 3 is 2.19 bits per heavy atom. The molecule has 1 fully saturated rings. The lowest BCUT2D eigenvalue weighted by Crippen LogP contribution is -2.49. The van der Waals surface area contributed by atoms with Gasteiger partial charge in [-0.1, -0.05) is 84.9 Å². The van der Waals surface area contributed by atoms with Crippen LogP contribution in [0.4, 0.5) is 0 Å². The smallest absolute Gasteiger partial charge is 0.347 e. The highest BCUT2D eigenvalue weighted by molar-refractivity contribution is 6.74. The van der Waals surface area contributed by atoms with E-state index in [0.29, 0.717) is 18.6 Å². The third kappa shape index (κ3) is 9.52. The molecule has 8 atom stereocenters. The van der Waals surface area contributed by atoms with E-state index in [1.807, 2.05) is 30.3 Å². The van der Waals surface area contributed by atoms with Gasteiger partial charge in [0.05, 0.1) is 18.6 Å². The maximum Gasteiger partial charge on any atom is 0.347 e. The number of rotatable bonds is 11. The van der Waals surface area contributed by atoms with Crippen LogP contribution in [0.15, 0.2) is 54.1 Å². The fraction of sp³-hybridized carbons (Fsp3) is 0.692. The molecule has 0 spiro atoms. The van der Waals surface area contributed by atoms with Crippen molar-refractivity contribution in [3.8, 4) is 5.75 Å². The fourth-order valence-electron chi connectivity index (χ4n) is 6.69. The van der Waals surface area contributed by atoms with Crippen LogP contribution in [0.2, 0.25) is 36.3 Å². The third-order valence-electron chi connectivity index (χ3n) is 11.6. The third-order valence-corrected chi connectivity index (χ3v) is 20.6. The van der Waals surface area contributed by atoms with Gasteiger partial charge >= 0.3 is 11.9 Å². The minimum absolute atomic E-state index is 0.00992. The first-order chi connectivity index (χ1) is 22.2. The van der Waals surface area contributed by atoms with Crippen molar-refractivity contribution in [2.24, 2.45) is 17.8 Å². The molecule has 9 heteroatoms. The van der Waals surface area contributed by atoms with E-state index in [9.17, 15) is 9.59 Å². The second-order valence-electron chi connectivity index (χ2n) is 17.4. The highest BCUT2D eigenvalue weighted by atomic mass is 28.4. The average Bonchev–Trinajstić information content (AvgIpc) is 2.95. The Morgan fingerprint density at radius 2 is 1.56 bits per heavy atom. The van der Waals surface area contributed by atoms with Crippen molar-refractivity contribution in [3.05, 3.63) is 54.1 Å². The van der Waals surface area contributed by atoms with Crippen LogP contribution >= 0.6 is 0 Å². The molecule has 0 saturated carbocycles. The molecule has 0 aromatic heterocycles. The lowest BCUT2D eigenvalue weighted by atomic mass is 9.66. The van der Waals surface area contributed by atoms with Crippen molar-refractivity contribution in [1.82, 2.24) is 0 Å². The van der Waals surface area contributed by atoms with Crippen molar-refractivity contribution in [2.75, 3.05) is 0 Å². The minimum atomic E-state index is -2.09. The van der Waals surface area contributed by atoms with Gasteiger partial charge in [0.15, 0.2) is 22.7 Å². The predicted molar refractivity (Wildman–Crippen MR) is 197 cm³/mol. The molecule has 4 rings (SSSR count). The zero-order valence-corrected chi connectivity index (χ0v) is 33.6. The van der Waals surface area contributed by atoms with Gasteiger partial charge < -0.3 is 23.1 Å². The highest BCUT2D eigenvalue weighted by Gasteiger charge is 2.47. The van der Waals surface area contributed by atoms with Gasteiger partial charge in [-0.2, -0.15) is 0 Å². The van der Waals surface area contributed by atoms with Crippen LogP contribution in [0, 0.1) is 17.8 Å². The van der Waals surface area contributed by atoms with Gasteiger partial charge in [0.1, 0.15) is 18.0 Å². The van der Waals surface area contributed by atoms with Crippen molar-refractivity contribution in [2.45, 2.75) is 154 Å². The summed E-state index contributed by atoms with van der Waals surface area (Å²) in [6, 6.07) is 9.39. The molecular weight excluding hydrogens is 637 g/mol. The second kappa shape index (κ2) is 15.0. The molecule has 1 aromatic carbocycles. The number of esters is 2. The van der Waals surface area contributed by atoms with Gasteiger partial charge in [-0.15, -0.1) is 0 Å². The number of allylic oxidation sites excluding steroid dienone is 2. The Balaban J connectivity index is 1.54. The second-order valence-corrected chi connectivity index (χ2v) is 26.9. The van der Waals surface area contributed by atoms with E-state index in [4.69, 9.17) is 23.1 Å². The molecule has 2 aliphatic carbocycles. The number of hydrogen-bond acceptors (Lipinski definition) is 7. The molecule has 48 heavy (non-hydrogen) atoms. The van der Waals surface area contributed by atoms with Crippen LogP contribution in [0.5, 0.6) is 5.75 Å². The zero-order valence-electron chi connectivity index (χ0n) is 31.6. The summed E-state index contributed by atoms with van der Waals surface area (Å²) in [5, 5.41) is 0.120. The van der Waals surface area contributed by atoms with Gasteiger partial charge in [0, 0.05) is 18.8 Å². The molecule has 0 N–H and O–H groups in total. The van der Waals surface area contributed by atoms with E-state index >= 15 is 0 Å². The molecule has 0 radical (unpaired) electrons. The molecule has 7 nitrogen and oxygen atoms in total. The van der Waals surface area contributed by atoms with Crippen molar-refractivity contribution < 1.29 is 32.7 Å². The summed E-state index contributed by atoms with van der Waals surface area (Å²) in [7, 11) is -4.12. The van der Waals surface area contributed by atoms with Gasteiger partial charge in [-0.25, -0.2) is 4.79 Å². The van der Waals surface area contributed by atoms with E-state index in [1.165, 1.54) is 5.57 Å². The summed E-state index contributed by atoms with van der Waals surface area (Å²) < 4.78 is 31.9. The standard InChI is InChI=1S/C39H62O7Si2/c1-26-18-19-28-22-31(45-47(9,10)38(3,4)5)24-34(44-37(41)27(2)42-29-16-14-13-15-17-29)36(28)33(26)21-20-30-23-32(25-35(40)43-30)46-48(11,12)39(6,7)8/h13-19,22,26-27,30-34,36H,20-21,23-25H2,1-12H3/t26?,27-,30+,31?,32+,33?,34?,36?/m0/s1. The first kappa shape index (κ1) is 38.6. The molecule has 3 aliphatic rings. The van der Waals surface area contributed by atoms with Crippen LogP contribution < -0.4 is 4.74 Å². The number of carbonyl (C=O) groups is 2. The average molecular weight is 699 g/mol. The number of para-hydroxylation sites is 1. The molecule has 1 heterocycles. The molecule has 1 aliphatic heterocycles. The Labute approximate surface area is 292 Å². The molecule has 5 unspecified atom stereocenters. The first-order valence-corrected chi connectivity index (χ1v) is 23.9. The number of ether oxygens (including phenoxy) is 3. The summed E-state index contributed by atoms with van der Waals surface area (Å²) in [5.74, 6) is 0.575. The molecular formula is C39H62O7Si2. The minimum Gasteiger partial charge on any atom is -0.479 e. The Morgan fingerprint density at radius 1 is 0.938 bits per heavy atom. The van der Waals surface area contributed by atoms with Gasteiger partial charge in [-0.3, -0.25) is 4.79 Å². The normalized spacial score (nSPS) is 29.0. The predicted octanol–water partition coefficient (Wildman–Crippen LogP) is 9.40. The SMILES string of the molecule is CC1C=CC2=CC(O[Si](C)(C)C(C)(C)C)CC(OC(=O)[C@H](C)Oc3ccccc3)C2C1CC[C@@H]1C[C@@H](O[Si](C)(C)C(C)(C)C)CC(=O)O1. The first-order valence-electron chi connectivity index (χ1n) is 18.0. The summed E-state index contributed by atoms with van der Waals surface area (Å²) >= 11 is 0. The zero-order chi connectivity index (χ0) is 35.7. The molecule has 0 amide bonds. The van der Waals surface area contributed by atoms with E-state index < -0.39 is 22.7 Å². The quantitative estimate of drug-likeness (QED) is 0.168. The maximum atomic E-state index is 13.6. The largest absolute Gasteiger partial charge is 0.479 e. The van der Waals surface area contributed by atoms with Gasteiger partial charge in [-0.05, 0) is 85.6 Å². The highest BCUT2D eigenvalue weighted by Crippen LogP contribution is 2.47. The van der Waals surface area contributed by atoms with E-state index in [1.54, 1.807) is 6.92 Å². The van der Waals surface area contributed by atoms with Crippen LogP contribution in [0.3, 0.4) is 0 Å². The maximum absolute atomic E-state index is 13.6. The molecule has 0 bridgehead atoms. The van der Waals surface area contributed by atoms with Crippen molar-refractivity contribution >= 4 is 28.6 Å². The number of carbonyl (C=O) groups excluding carboxylic acids is 2. The Kier molecular flexibility index (Phi) is 12.0. The van der Waals surface area contributed by atoms with Crippen molar-refractivity contribution in [3.63, 3.8) is 0 Å². The van der Waals surface area contributed by atoms with E-state index in [2.05, 4.69) is 92.9 Å². The van der Waals surface area contributed by atoms with E-state index in [-0.39, 0.29) is 64.2 Å². The number of hydrogen-bond donors (Lipinski definition) is 0.